The molecule has 2 bridgehead atoms. The summed E-state index contributed by atoms with van der Waals surface area (Å²) in [6.45, 7) is 0.449. The molecule has 3 aromatic rings. The molecule has 0 radical (unpaired) electrons. The van der Waals surface area contributed by atoms with E-state index in [0.717, 1.165) is 25.7 Å². The van der Waals surface area contributed by atoms with Crippen molar-refractivity contribution in [3.05, 3.63) is 78.1 Å². The predicted molar refractivity (Wildman–Crippen MR) is 115 cm³/mol. The van der Waals surface area contributed by atoms with Crippen LogP contribution in [0, 0.1) is 17.6 Å². The van der Waals surface area contributed by atoms with Crippen LogP contribution in [-0.2, 0) is 0 Å². The third-order valence-corrected chi connectivity index (χ3v) is 6.49. The van der Waals surface area contributed by atoms with E-state index in [1.807, 2.05) is 4.90 Å². The Morgan fingerprint density at radius 3 is 2.47 bits per heavy atom. The quantitative estimate of drug-likeness (QED) is 0.573. The van der Waals surface area contributed by atoms with Crippen LogP contribution in [-0.4, -0.2) is 39.5 Å². The van der Waals surface area contributed by atoms with Gasteiger partial charge in [-0.3, -0.25) is 4.79 Å². The van der Waals surface area contributed by atoms with Gasteiger partial charge in [-0.1, -0.05) is 0 Å². The normalized spacial score (nSPS) is 22.1. The number of carbonyl (C=O) groups is 1. The van der Waals surface area contributed by atoms with Crippen LogP contribution in [0.4, 0.5) is 8.78 Å². The number of hydrogen-bond acceptors (Lipinski definition) is 4. The molecule has 164 valence electrons. The molecule has 2 unspecified atom stereocenters. The van der Waals surface area contributed by atoms with Gasteiger partial charge in [0.15, 0.2) is 5.82 Å². The van der Waals surface area contributed by atoms with Gasteiger partial charge in [0.05, 0.1) is 12.2 Å². The molecule has 7 heteroatoms. The Morgan fingerprint density at radius 1 is 0.969 bits per heavy atom. The van der Waals surface area contributed by atoms with Crippen molar-refractivity contribution in [2.75, 3.05) is 6.61 Å². The lowest BCUT2D eigenvalue weighted by Crippen LogP contribution is -2.49. The molecule has 0 spiro atoms. The molecule has 3 atom stereocenters. The second-order valence-corrected chi connectivity index (χ2v) is 8.38. The first-order valence-electron chi connectivity index (χ1n) is 10.9. The Labute approximate surface area is 185 Å². The van der Waals surface area contributed by atoms with E-state index in [4.69, 9.17) is 4.74 Å². The third kappa shape index (κ3) is 3.95. The lowest BCUT2D eigenvalue weighted by atomic mass is 9.89. The molecule has 2 fully saturated rings. The minimum Gasteiger partial charge on any atom is -0.493 e. The number of amides is 1. The lowest BCUT2D eigenvalue weighted by Gasteiger charge is -2.40. The van der Waals surface area contributed by atoms with Gasteiger partial charge in [-0.25, -0.2) is 18.7 Å². The molecule has 5 nitrogen and oxygen atoms in total. The fraction of sp³-hybridized carbons (Fsp3) is 0.320. The Morgan fingerprint density at radius 2 is 1.69 bits per heavy atom. The smallest absolute Gasteiger partial charge is 0.255 e. The number of piperidine rings is 1. The molecule has 2 aliphatic rings. The molecule has 2 saturated heterocycles. The van der Waals surface area contributed by atoms with Crippen molar-refractivity contribution in [3.63, 3.8) is 0 Å². The predicted octanol–water partition coefficient (Wildman–Crippen LogP) is 4.88. The number of rotatable bonds is 5. The maximum atomic E-state index is 14.2. The summed E-state index contributed by atoms with van der Waals surface area (Å²) in [7, 11) is 0. The van der Waals surface area contributed by atoms with Crippen molar-refractivity contribution in [3.8, 4) is 17.1 Å². The minimum absolute atomic E-state index is 0.0227. The van der Waals surface area contributed by atoms with Crippen LogP contribution >= 0.6 is 0 Å². The van der Waals surface area contributed by atoms with Crippen LogP contribution in [0.5, 0.6) is 5.75 Å². The second-order valence-electron chi connectivity index (χ2n) is 8.38. The van der Waals surface area contributed by atoms with Gasteiger partial charge >= 0.3 is 0 Å². The topological polar surface area (TPSA) is 55.3 Å². The molecule has 1 aromatic heterocycles. The largest absolute Gasteiger partial charge is 0.493 e. The lowest BCUT2D eigenvalue weighted by molar-refractivity contribution is 0.0407. The summed E-state index contributed by atoms with van der Waals surface area (Å²) in [6, 6.07) is 12.0. The number of aromatic nitrogens is 2. The molecule has 0 saturated carbocycles. The number of fused-ring (bicyclic) bond motifs is 2. The molecule has 2 aromatic carbocycles. The highest BCUT2D eigenvalue weighted by atomic mass is 19.1. The van der Waals surface area contributed by atoms with Crippen molar-refractivity contribution in [1.29, 1.82) is 0 Å². The van der Waals surface area contributed by atoms with E-state index in [1.165, 1.54) is 24.3 Å². The molecule has 1 amide bonds. The highest BCUT2D eigenvalue weighted by Gasteiger charge is 2.45. The molecule has 3 heterocycles. The average Bonchev–Trinajstić information content (AvgIpc) is 3.13. The number of carbonyl (C=O) groups excluding carboxylic acids is 1. The van der Waals surface area contributed by atoms with E-state index < -0.39 is 5.82 Å². The first kappa shape index (κ1) is 20.5. The van der Waals surface area contributed by atoms with Crippen LogP contribution in [0.1, 0.15) is 36.0 Å². The summed E-state index contributed by atoms with van der Waals surface area (Å²) in [5.74, 6) is 0.209. The highest BCUT2D eigenvalue weighted by Crippen LogP contribution is 2.41. The maximum absolute atomic E-state index is 14.2. The SMILES string of the molecule is O=C(c1cc(F)ccc1-c1ncccn1)N1C2CCC1[C@@H](COc1ccc(F)cc1)CC2. The van der Waals surface area contributed by atoms with Crippen LogP contribution in [0.2, 0.25) is 0 Å². The van der Waals surface area contributed by atoms with E-state index in [1.54, 1.807) is 36.7 Å². The molecule has 0 aliphatic carbocycles. The molecular formula is C25H23F2N3O2. The Balaban J connectivity index is 1.39. The van der Waals surface area contributed by atoms with Crippen molar-refractivity contribution in [2.45, 2.75) is 37.8 Å². The number of nitrogens with zero attached hydrogens (tertiary/aromatic N) is 3. The van der Waals surface area contributed by atoms with Crippen molar-refractivity contribution in [2.24, 2.45) is 5.92 Å². The molecule has 5 rings (SSSR count). The zero-order valence-electron chi connectivity index (χ0n) is 17.5. The first-order chi connectivity index (χ1) is 15.6. The highest BCUT2D eigenvalue weighted by molar-refractivity contribution is 6.00. The van der Waals surface area contributed by atoms with E-state index in [-0.39, 0.29) is 35.3 Å². The van der Waals surface area contributed by atoms with E-state index >= 15 is 0 Å². The molecule has 2 aliphatic heterocycles. The van der Waals surface area contributed by atoms with E-state index in [2.05, 4.69) is 9.97 Å². The third-order valence-electron chi connectivity index (χ3n) is 6.49. The average molecular weight is 435 g/mol. The van der Waals surface area contributed by atoms with E-state index in [9.17, 15) is 13.6 Å². The summed E-state index contributed by atoms with van der Waals surface area (Å²) in [5.41, 5.74) is 0.814. The van der Waals surface area contributed by atoms with Crippen LogP contribution in [0.25, 0.3) is 11.4 Å². The monoisotopic (exact) mass is 435 g/mol. The van der Waals surface area contributed by atoms with E-state index in [0.29, 0.717) is 23.7 Å². The van der Waals surface area contributed by atoms with Crippen molar-refractivity contribution < 1.29 is 18.3 Å². The number of ether oxygens (including phenoxy) is 1. The van der Waals surface area contributed by atoms with Gasteiger partial charge in [-0.2, -0.15) is 0 Å². The number of hydrogen-bond donors (Lipinski definition) is 0. The number of benzene rings is 2. The fourth-order valence-electron chi connectivity index (χ4n) is 4.97. The molecule has 0 N–H and O–H groups in total. The van der Waals surface area contributed by atoms with Crippen molar-refractivity contribution >= 4 is 5.91 Å². The van der Waals surface area contributed by atoms with Gasteiger partial charge in [-0.05, 0) is 74.2 Å². The summed E-state index contributed by atoms with van der Waals surface area (Å²) >= 11 is 0. The summed E-state index contributed by atoms with van der Waals surface area (Å²) in [4.78, 5) is 24.1. The zero-order valence-corrected chi connectivity index (χ0v) is 17.5. The van der Waals surface area contributed by atoms with Gasteiger partial charge in [-0.15, -0.1) is 0 Å². The van der Waals surface area contributed by atoms with Gasteiger partial charge in [0.1, 0.15) is 17.4 Å². The van der Waals surface area contributed by atoms with Crippen molar-refractivity contribution in [1.82, 2.24) is 14.9 Å². The Bertz CT molecular complexity index is 1110. The summed E-state index contributed by atoms with van der Waals surface area (Å²) in [6.07, 6.45) is 6.86. The van der Waals surface area contributed by atoms with Crippen LogP contribution < -0.4 is 4.74 Å². The fourth-order valence-corrected chi connectivity index (χ4v) is 4.97. The van der Waals surface area contributed by atoms with Crippen LogP contribution in [0.15, 0.2) is 60.9 Å². The standard InChI is InChI=1S/C25H23F2N3O2/c26-17-3-8-20(9-4-17)32-15-16-2-6-19-7-11-23(16)30(19)25(31)22-14-18(27)5-10-21(22)24-28-12-1-13-29-24/h1,3-5,8-10,12-14,16,19,23H,2,6-7,11,15H2/t16-,19?,23?/m1/s1. The maximum Gasteiger partial charge on any atom is 0.255 e. The zero-order chi connectivity index (χ0) is 22.1. The molecular weight excluding hydrogens is 412 g/mol. The van der Waals surface area contributed by atoms with Gasteiger partial charge in [0, 0.05) is 36.0 Å². The van der Waals surface area contributed by atoms with Gasteiger partial charge in [0.2, 0.25) is 0 Å². The summed E-state index contributed by atoms with van der Waals surface area (Å²) < 4.78 is 33.2. The van der Waals surface area contributed by atoms with Gasteiger partial charge < -0.3 is 9.64 Å². The summed E-state index contributed by atoms with van der Waals surface area (Å²) in [5, 5.41) is 0. The Kier molecular flexibility index (Phi) is 5.55. The Hall–Kier alpha value is -3.35. The molecule has 32 heavy (non-hydrogen) atoms. The first-order valence-corrected chi connectivity index (χ1v) is 10.9. The van der Waals surface area contributed by atoms with Crippen LogP contribution in [0.3, 0.4) is 0 Å². The number of halogens is 2. The van der Waals surface area contributed by atoms with Gasteiger partial charge in [0.25, 0.3) is 5.91 Å². The minimum atomic E-state index is -0.464. The second kappa shape index (κ2) is 8.65.